The van der Waals surface area contributed by atoms with Gasteiger partial charge in [-0.05, 0) is 31.5 Å². The minimum Gasteiger partial charge on any atom is -0.489 e. The minimum absolute atomic E-state index is 0.0583. The molecule has 1 aromatic rings. The van der Waals surface area contributed by atoms with Crippen molar-refractivity contribution in [3.05, 3.63) is 29.8 Å². The van der Waals surface area contributed by atoms with E-state index in [-0.39, 0.29) is 11.5 Å². The molecule has 0 aromatic heterocycles. The van der Waals surface area contributed by atoms with Crippen LogP contribution in [0.1, 0.15) is 19.4 Å². The molecule has 5 nitrogen and oxygen atoms in total. The molecule has 1 aliphatic rings. The molecule has 0 spiro atoms. The monoisotopic (exact) mass is 305 g/mol. The van der Waals surface area contributed by atoms with Crippen LogP contribution in [-0.4, -0.2) is 45.4 Å². The summed E-state index contributed by atoms with van der Waals surface area (Å²) in [5, 5.41) is 6.64. The van der Waals surface area contributed by atoms with Crippen molar-refractivity contribution in [2.24, 2.45) is 10.4 Å². The van der Waals surface area contributed by atoms with E-state index in [4.69, 9.17) is 9.47 Å². The normalized spacial score (nSPS) is 18.3. The van der Waals surface area contributed by atoms with Crippen molar-refractivity contribution in [2.75, 3.05) is 33.4 Å². The molecule has 1 aliphatic heterocycles. The van der Waals surface area contributed by atoms with E-state index >= 15 is 0 Å². The van der Waals surface area contributed by atoms with Gasteiger partial charge in [-0.25, -0.2) is 0 Å². The molecule has 22 heavy (non-hydrogen) atoms. The quantitative estimate of drug-likeness (QED) is 0.623. The van der Waals surface area contributed by atoms with Crippen molar-refractivity contribution in [1.82, 2.24) is 10.6 Å². The second-order valence-electron chi connectivity index (χ2n) is 6.36. The van der Waals surface area contributed by atoms with Gasteiger partial charge in [0.05, 0.1) is 19.8 Å². The second-order valence-corrected chi connectivity index (χ2v) is 6.36. The van der Waals surface area contributed by atoms with E-state index in [1.807, 2.05) is 25.1 Å². The molecule has 1 heterocycles. The van der Waals surface area contributed by atoms with E-state index in [0.29, 0.717) is 6.54 Å². The lowest BCUT2D eigenvalue weighted by atomic mass is 9.89. The summed E-state index contributed by atoms with van der Waals surface area (Å²) in [5.74, 6) is 1.70. The molecule has 1 fully saturated rings. The largest absolute Gasteiger partial charge is 0.489 e. The smallest absolute Gasteiger partial charge is 0.191 e. The number of hydrogen-bond donors (Lipinski definition) is 2. The van der Waals surface area contributed by atoms with Crippen molar-refractivity contribution in [2.45, 2.75) is 26.9 Å². The first kappa shape index (κ1) is 16.6. The molecule has 0 aliphatic carbocycles. The van der Waals surface area contributed by atoms with Crippen LogP contribution in [0.2, 0.25) is 0 Å². The summed E-state index contributed by atoms with van der Waals surface area (Å²) in [6, 6.07) is 8.09. The number of aliphatic imine (C=N–C) groups is 1. The molecule has 1 saturated heterocycles. The summed E-state index contributed by atoms with van der Waals surface area (Å²) in [6.45, 7) is 9.49. The lowest BCUT2D eigenvalue weighted by molar-refractivity contribution is -0.0971. The molecule has 0 saturated carbocycles. The molecule has 2 N–H and O–H groups in total. The summed E-state index contributed by atoms with van der Waals surface area (Å²) in [6.07, 6.45) is 0.0583. The number of ether oxygens (including phenoxy) is 2. The Morgan fingerprint density at radius 2 is 2.18 bits per heavy atom. The number of rotatable bonds is 6. The van der Waals surface area contributed by atoms with E-state index in [9.17, 15) is 0 Å². The van der Waals surface area contributed by atoms with Gasteiger partial charge in [0.25, 0.3) is 0 Å². The lowest BCUT2D eigenvalue weighted by Crippen LogP contribution is -2.51. The number of aryl methyl sites for hydroxylation is 1. The topological polar surface area (TPSA) is 54.9 Å². The molecule has 0 amide bonds. The average molecular weight is 305 g/mol. The Kier molecular flexibility index (Phi) is 5.66. The minimum atomic E-state index is 0.0583. The summed E-state index contributed by atoms with van der Waals surface area (Å²) in [4.78, 5) is 4.24. The van der Waals surface area contributed by atoms with Crippen molar-refractivity contribution >= 4 is 5.96 Å². The maximum Gasteiger partial charge on any atom is 0.191 e. The zero-order valence-electron chi connectivity index (χ0n) is 14.0. The SMILES string of the molecule is CN=C(NCC(C)Oc1cccc(C)c1)NCC1(C)COC1. The third-order valence-electron chi connectivity index (χ3n) is 3.69. The summed E-state index contributed by atoms with van der Waals surface area (Å²) < 4.78 is 11.2. The van der Waals surface area contributed by atoms with Gasteiger partial charge in [-0.15, -0.1) is 0 Å². The summed E-state index contributed by atoms with van der Waals surface area (Å²) in [7, 11) is 1.78. The van der Waals surface area contributed by atoms with Gasteiger partial charge in [0, 0.05) is 19.0 Å². The fourth-order valence-electron chi connectivity index (χ4n) is 2.27. The molecule has 0 radical (unpaired) electrons. The Labute approximate surface area is 133 Å². The Hall–Kier alpha value is -1.75. The van der Waals surface area contributed by atoms with Crippen molar-refractivity contribution < 1.29 is 9.47 Å². The Bertz CT molecular complexity index is 512. The molecule has 1 unspecified atom stereocenters. The number of hydrogen-bond acceptors (Lipinski definition) is 3. The van der Waals surface area contributed by atoms with Gasteiger partial charge in [-0.3, -0.25) is 4.99 Å². The van der Waals surface area contributed by atoms with E-state index in [1.165, 1.54) is 5.56 Å². The van der Waals surface area contributed by atoms with Crippen LogP contribution in [-0.2, 0) is 4.74 Å². The van der Waals surface area contributed by atoms with Crippen LogP contribution in [0.3, 0.4) is 0 Å². The van der Waals surface area contributed by atoms with Crippen LogP contribution in [0.15, 0.2) is 29.3 Å². The number of nitrogens with zero attached hydrogens (tertiary/aromatic N) is 1. The van der Waals surface area contributed by atoms with Gasteiger partial charge < -0.3 is 20.1 Å². The molecule has 1 aromatic carbocycles. The summed E-state index contributed by atoms with van der Waals surface area (Å²) in [5.41, 5.74) is 1.42. The third kappa shape index (κ3) is 4.91. The Morgan fingerprint density at radius 3 is 2.77 bits per heavy atom. The summed E-state index contributed by atoms with van der Waals surface area (Å²) >= 11 is 0. The number of nitrogens with one attached hydrogen (secondary N) is 2. The van der Waals surface area contributed by atoms with Crippen molar-refractivity contribution in [3.63, 3.8) is 0 Å². The highest BCUT2D eigenvalue weighted by Crippen LogP contribution is 2.24. The maximum absolute atomic E-state index is 5.90. The van der Waals surface area contributed by atoms with Gasteiger partial charge in [0.1, 0.15) is 11.9 Å². The van der Waals surface area contributed by atoms with Crippen LogP contribution in [0, 0.1) is 12.3 Å². The Balaban J connectivity index is 1.72. The van der Waals surface area contributed by atoms with Gasteiger partial charge in [0.15, 0.2) is 5.96 Å². The molecular formula is C17H27N3O2. The van der Waals surface area contributed by atoms with Crippen LogP contribution >= 0.6 is 0 Å². The molecule has 0 bridgehead atoms. The third-order valence-corrected chi connectivity index (χ3v) is 3.69. The highest BCUT2D eigenvalue weighted by atomic mass is 16.5. The first-order valence-electron chi connectivity index (χ1n) is 7.76. The van der Waals surface area contributed by atoms with E-state index in [1.54, 1.807) is 7.05 Å². The zero-order valence-corrected chi connectivity index (χ0v) is 14.0. The molecular weight excluding hydrogens is 278 g/mol. The fraction of sp³-hybridized carbons (Fsp3) is 0.588. The van der Waals surface area contributed by atoms with Crippen LogP contribution in [0.25, 0.3) is 0 Å². The van der Waals surface area contributed by atoms with Gasteiger partial charge in [0.2, 0.25) is 0 Å². The zero-order chi connectivity index (χ0) is 16.0. The fourth-order valence-corrected chi connectivity index (χ4v) is 2.27. The number of benzene rings is 1. The lowest BCUT2D eigenvalue weighted by Gasteiger charge is -2.38. The highest BCUT2D eigenvalue weighted by Gasteiger charge is 2.33. The predicted molar refractivity (Wildman–Crippen MR) is 89.6 cm³/mol. The molecule has 2 rings (SSSR count). The predicted octanol–water partition coefficient (Wildman–Crippen LogP) is 1.96. The van der Waals surface area contributed by atoms with Gasteiger partial charge >= 0.3 is 0 Å². The van der Waals surface area contributed by atoms with Gasteiger partial charge in [-0.2, -0.15) is 0 Å². The molecule has 5 heteroatoms. The first-order chi connectivity index (χ1) is 10.5. The molecule has 1 atom stereocenters. The first-order valence-corrected chi connectivity index (χ1v) is 7.76. The maximum atomic E-state index is 5.90. The molecule has 122 valence electrons. The second kappa shape index (κ2) is 7.49. The number of guanidine groups is 1. The van der Waals surface area contributed by atoms with E-state index in [0.717, 1.165) is 31.5 Å². The van der Waals surface area contributed by atoms with Crippen molar-refractivity contribution in [3.8, 4) is 5.75 Å². The van der Waals surface area contributed by atoms with Crippen molar-refractivity contribution in [1.29, 1.82) is 0 Å². The average Bonchev–Trinajstić information content (AvgIpc) is 2.45. The Morgan fingerprint density at radius 1 is 1.41 bits per heavy atom. The van der Waals surface area contributed by atoms with E-state index < -0.39 is 0 Å². The van der Waals surface area contributed by atoms with Gasteiger partial charge in [-0.1, -0.05) is 19.1 Å². The standard InChI is InChI=1S/C17H27N3O2/c1-13-6-5-7-15(8-13)22-14(2)9-19-16(18-4)20-10-17(3)11-21-12-17/h5-8,14H,9-12H2,1-4H3,(H2,18,19,20). The van der Waals surface area contributed by atoms with Crippen LogP contribution in [0.5, 0.6) is 5.75 Å². The van der Waals surface area contributed by atoms with Crippen LogP contribution < -0.4 is 15.4 Å². The van der Waals surface area contributed by atoms with E-state index in [2.05, 4.69) is 35.5 Å². The highest BCUT2D eigenvalue weighted by molar-refractivity contribution is 5.79. The van der Waals surface area contributed by atoms with Crippen LogP contribution in [0.4, 0.5) is 0 Å².